The zero-order chi connectivity index (χ0) is 16.1. The monoisotopic (exact) mass is 381 g/mol. The van der Waals surface area contributed by atoms with Crippen LogP contribution in [0.25, 0.3) is 0 Å². The normalized spacial score (nSPS) is 22.8. The van der Waals surface area contributed by atoms with Crippen LogP contribution < -0.4 is 5.32 Å². The molecule has 0 aromatic heterocycles. The number of hydrogen-bond acceptors (Lipinski definition) is 3. The molecular weight excluding hydrogens is 358 g/mol. The van der Waals surface area contributed by atoms with Gasteiger partial charge in [0.25, 0.3) is 0 Å². The van der Waals surface area contributed by atoms with E-state index in [2.05, 4.69) is 50.4 Å². The molecule has 0 bridgehead atoms. The van der Waals surface area contributed by atoms with Crippen molar-refractivity contribution >= 4 is 22.0 Å². The molecule has 2 saturated heterocycles. The molecule has 1 aromatic rings. The third kappa shape index (κ3) is 4.93. The van der Waals surface area contributed by atoms with Gasteiger partial charge in [0.05, 0.1) is 13.2 Å². The van der Waals surface area contributed by atoms with Crippen LogP contribution in [0.15, 0.2) is 28.7 Å². The molecule has 0 saturated carbocycles. The van der Waals surface area contributed by atoms with E-state index < -0.39 is 0 Å². The number of likely N-dealkylation sites (tertiary alicyclic amines) is 1. The molecule has 1 N–H and O–H groups in total. The number of hydrogen-bond donors (Lipinski definition) is 1. The first kappa shape index (κ1) is 16.7. The van der Waals surface area contributed by atoms with Gasteiger partial charge in [0.1, 0.15) is 0 Å². The molecule has 2 amide bonds. The Hall–Kier alpha value is -1.11. The summed E-state index contributed by atoms with van der Waals surface area (Å²) in [6.07, 6.45) is 2.19. The first-order valence-electron chi connectivity index (χ1n) is 8.31. The van der Waals surface area contributed by atoms with Crippen molar-refractivity contribution < 1.29 is 9.53 Å². The Morgan fingerprint density at radius 1 is 1.22 bits per heavy atom. The van der Waals surface area contributed by atoms with E-state index in [0.29, 0.717) is 26.3 Å². The number of carbonyl (C=O) groups excluding carboxylic acids is 1. The second kappa shape index (κ2) is 8.13. The second-order valence-corrected chi connectivity index (χ2v) is 7.17. The minimum atomic E-state index is 0.0591. The number of ether oxygens (including phenoxy) is 1. The lowest BCUT2D eigenvalue weighted by atomic mass is 10.0. The maximum atomic E-state index is 12.3. The number of amides is 2. The van der Waals surface area contributed by atoms with Gasteiger partial charge in [-0.2, -0.15) is 0 Å². The van der Waals surface area contributed by atoms with E-state index in [4.69, 9.17) is 4.74 Å². The van der Waals surface area contributed by atoms with E-state index in [9.17, 15) is 4.79 Å². The van der Waals surface area contributed by atoms with Crippen LogP contribution in [0.2, 0.25) is 0 Å². The van der Waals surface area contributed by atoms with Gasteiger partial charge >= 0.3 is 6.03 Å². The van der Waals surface area contributed by atoms with Crippen LogP contribution in [0.5, 0.6) is 0 Å². The quantitative estimate of drug-likeness (QED) is 0.874. The van der Waals surface area contributed by atoms with E-state index in [-0.39, 0.29) is 12.1 Å². The van der Waals surface area contributed by atoms with Crippen molar-refractivity contribution in [1.29, 1.82) is 0 Å². The molecule has 0 spiro atoms. The summed E-state index contributed by atoms with van der Waals surface area (Å²) in [5.41, 5.74) is 1.31. The Balaban J connectivity index is 1.49. The highest BCUT2D eigenvalue weighted by atomic mass is 79.9. The number of benzene rings is 1. The van der Waals surface area contributed by atoms with Gasteiger partial charge < -0.3 is 15.0 Å². The summed E-state index contributed by atoms with van der Waals surface area (Å²) >= 11 is 3.47. The van der Waals surface area contributed by atoms with Crippen LogP contribution in [0.3, 0.4) is 0 Å². The summed E-state index contributed by atoms with van der Waals surface area (Å²) in [4.78, 5) is 16.6. The summed E-state index contributed by atoms with van der Waals surface area (Å²) in [6.45, 7) is 5.65. The number of nitrogens with one attached hydrogen (secondary N) is 1. The lowest BCUT2D eigenvalue weighted by molar-refractivity contribution is 0.0513. The molecule has 126 valence electrons. The van der Waals surface area contributed by atoms with Crippen LogP contribution in [-0.2, 0) is 11.3 Å². The van der Waals surface area contributed by atoms with Crippen LogP contribution in [0, 0.1) is 0 Å². The number of morpholine rings is 1. The van der Waals surface area contributed by atoms with E-state index in [1.807, 2.05) is 4.90 Å². The van der Waals surface area contributed by atoms with Gasteiger partial charge in [0, 0.05) is 36.7 Å². The summed E-state index contributed by atoms with van der Waals surface area (Å²) in [7, 11) is 0. The Morgan fingerprint density at radius 3 is 2.70 bits per heavy atom. The molecule has 0 aliphatic carbocycles. The Bertz CT molecular complexity index is 517. The number of piperidine rings is 1. The number of rotatable bonds is 3. The Labute approximate surface area is 146 Å². The van der Waals surface area contributed by atoms with Crippen LogP contribution in [-0.4, -0.2) is 61.3 Å². The average molecular weight is 382 g/mol. The molecule has 1 unspecified atom stereocenters. The molecule has 1 aromatic carbocycles. The van der Waals surface area contributed by atoms with E-state index >= 15 is 0 Å². The predicted octanol–water partition coefficient (Wildman–Crippen LogP) is 2.46. The number of halogens is 1. The number of urea groups is 1. The van der Waals surface area contributed by atoms with Crippen molar-refractivity contribution in [2.24, 2.45) is 0 Å². The first-order chi connectivity index (χ1) is 11.2. The summed E-state index contributed by atoms with van der Waals surface area (Å²) < 4.78 is 6.41. The minimum Gasteiger partial charge on any atom is -0.378 e. The Kier molecular flexibility index (Phi) is 5.91. The first-order valence-corrected chi connectivity index (χ1v) is 9.10. The zero-order valence-electron chi connectivity index (χ0n) is 13.3. The van der Waals surface area contributed by atoms with E-state index in [1.165, 1.54) is 5.56 Å². The molecule has 6 heteroatoms. The maximum Gasteiger partial charge on any atom is 0.317 e. The lowest BCUT2D eigenvalue weighted by Gasteiger charge is -2.35. The largest absolute Gasteiger partial charge is 0.378 e. The molecule has 2 fully saturated rings. The molecule has 5 nitrogen and oxygen atoms in total. The van der Waals surface area contributed by atoms with Gasteiger partial charge in [-0.1, -0.05) is 28.1 Å². The van der Waals surface area contributed by atoms with Crippen molar-refractivity contribution in [3.05, 3.63) is 34.3 Å². The fourth-order valence-corrected chi connectivity index (χ4v) is 3.46. The SMILES string of the molecule is O=C(NC1CCCN(Cc2ccc(Br)cc2)C1)N1CCOCC1. The summed E-state index contributed by atoms with van der Waals surface area (Å²) in [5.74, 6) is 0. The minimum absolute atomic E-state index is 0.0591. The van der Waals surface area contributed by atoms with Crippen LogP contribution in [0.1, 0.15) is 18.4 Å². The van der Waals surface area contributed by atoms with E-state index in [0.717, 1.165) is 36.9 Å². The topological polar surface area (TPSA) is 44.8 Å². The fourth-order valence-electron chi connectivity index (χ4n) is 3.20. The van der Waals surface area contributed by atoms with Crippen LogP contribution >= 0.6 is 15.9 Å². The number of nitrogens with zero attached hydrogens (tertiary/aromatic N) is 2. The highest BCUT2D eigenvalue weighted by molar-refractivity contribution is 9.10. The van der Waals surface area contributed by atoms with Gasteiger partial charge in [0.2, 0.25) is 0 Å². The fraction of sp³-hybridized carbons (Fsp3) is 0.588. The Morgan fingerprint density at radius 2 is 1.96 bits per heavy atom. The highest BCUT2D eigenvalue weighted by Crippen LogP contribution is 2.16. The highest BCUT2D eigenvalue weighted by Gasteiger charge is 2.24. The molecule has 2 heterocycles. The molecular formula is C17H24BrN3O2. The van der Waals surface area contributed by atoms with Gasteiger partial charge in [-0.3, -0.25) is 4.90 Å². The molecule has 3 rings (SSSR count). The van der Waals surface area contributed by atoms with Gasteiger partial charge in [-0.25, -0.2) is 4.79 Å². The van der Waals surface area contributed by atoms with Gasteiger partial charge in [0.15, 0.2) is 0 Å². The van der Waals surface area contributed by atoms with Crippen molar-refractivity contribution in [2.45, 2.75) is 25.4 Å². The van der Waals surface area contributed by atoms with E-state index in [1.54, 1.807) is 0 Å². The molecule has 23 heavy (non-hydrogen) atoms. The zero-order valence-corrected chi connectivity index (χ0v) is 14.9. The molecule has 2 aliphatic rings. The van der Waals surface area contributed by atoms with Gasteiger partial charge in [-0.15, -0.1) is 0 Å². The molecule has 1 atom stereocenters. The predicted molar refractivity (Wildman–Crippen MR) is 93.4 cm³/mol. The number of carbonyl (C=O) groups is 1. The van der Waals surface area contributed by atoms with Crippen molar-refractivity contribution in [2.75, 3.05) is 39.4 Å². The average Bonchev–Trinajstić information content (AvgIpc) is 2.58. The smallest absolute Gasteiger partial charge is 0.317 e. The molecule has 2 aliphatic heterocycles. The van der Waals surface area contributed by atoms with Gasteiger partial charge in [-0.05, 0) is 37.1 Å². The molecule has 0 radical (unpaired) electrons. The second-order valence-electron chi connectivity index (χ2n) is 6.25. The van der Waals surface area contributed by atoms with Crippen LogP contribution in [0.4, 0.5) is 4.79 Å². The third-order valence-electron chi connectivity index (χ3n) is 4.45. The van der Waals surface area contributed by atoms with Crippen molar-refractivity contribution in [3.8, 4) is 0 Å². The lowest BCUT2D eigenvalue weighted by Crippen LogP contribution is -2.53. The summed E-state index contributed by atoms with van der Waals surface area (Å²) in [5, 5.41) is 3.20. The summed E-state index contributed by atoms with van der Waals surface area (Å²) in [6, 6.07) is 8.77. The standard InChI is InChI=1S/C17H24BrN3O2/c18-15-5-3-14(4-6-15)12-20-7-1-2-16(13-20)19-17(22)21-8-10-23-11-9-21/h3-6,16H,1-2,7-13H2,(H,19,22). The van der Waals surface area contributed by atoms with Crippen molar-refractivity contribution in [1.82, 2.24) is 15.1 Å². The maximum absolute atomic E-state index is 12.3. The van der Waals surface area contributed by atoms with Crippen molar-refractivity contribution in [3.63, 3.8) is 0 Å². The third-order valence-corrected chi connectivity index (χ3v) is 4.98.